The van der Waals surface area contributed by atoms with E-state index in [2.05, 4.69) is 78.2 Å². The van der Waals surface area contributed by atoms with E-state index < -0.39 is 0 Å². The summed E-state index contributed by atoms with van der Waals surface area (Å²) in [5, 5.41) is 0. The minimum absolute atomic E-state index is 0.610. The highest BCUT2D eigenvalue weighted by Crippen LogP contribution is 2.30. The first-order valence-electron chi connectivity index (χ1n) is 8.28. The quantitative estimate of drug-likeness (QED) is 0.633. The van der Waals surface area contributed by atoms with Gasteiger partial charge in [-0.25, -0.2) is 4.98 Å². The fourth-order valence-electron chi connectivity index (χ4n) is 3.24. The molecular formula is C21H20N2. The second kappa shape index (κ2) is 5.88. The molecule has 0 saturated heterocycles. The Bertz CT molecular complexity index is 885. The van der Waals surface area contributed by atoms with Gasteiger partial charge in [-0.15, -0.1) is 0 Å². The van der Waals surface area contributed by atoms with Crippen LogP contribution in [0.5, 0.6) is 0 Å². The molecule has 0 bridgehead atoms. The summed E-state index contributed by atoms with van der Waals surface area (Å²) in [6.07, 6.45) is 9.16. The number of allylic oxidation sites excluding steroid dienone is 4. The summed E-state index contributed by atoms with van der Waals surface area (Å²) in [7, 11) is 0. The standard InChI is InChI=1S/C21H20N2/c1-2-16-9-8-10-17(15-16)21-22-19-13-6-7-14-20(19)23(21)18-11-4-3-5-12-18/h3-8,10-16H,2,9H2,1H3. The summed E-state index contributed by atoms with van der Waals surface area (Å²) in [6, 6.07) is 18.8. The lowest BCUT2D eigenvalue weighted by Crippen LogP contribution is -2.04. The van der Waals surface area contributed by atoms with Crippen LogP contribution in [0.15, 0.2) is 72.8 Å². The molecule has 3 aromatic rings. The van der Waals surface area contributed by atoms with E-state index in [1.165, 1.54) is 12.0 Å². The molecule has 4 rings (SSSR count). The van der Waals surface area contributed by atoms with Crippen molar-refractivity contribution < 1.29 is 0 Å². The fourth-order valence-corrected chi connectivity index (χ4v) is 3.24. The van der Waals surface area contributed by atoms with Crippen LogP contribution >= 0.6 is 0 Å². The Hall–Kier alpha value is -2.61. The van der Waals surface area contributed by atoms with Gasteiger partial charge in [0.05, 0.1) is 11.0 Å². The summed E-state index contributed by atoms with van der Waals surface area (Å²) in [5.41, 5.74) is 4.58. The monoisotopic (exact) mass is 300 g/mol. The van der Waals surface area contributed by atoms with Crippen molar-refractivity contribution in [2.24, 2.45) is 5.92 Å². The highest BCUT2D eigenvalue weighted by Gasteiger charge is 2.17. The Kier molecular flexibility index (Phi) is 3.58. The van der Waals surface area contributed by atoms with Gasteiger partial charge in [-0.2, -0.15) is 0 Å². The van der Waals surface area contributed by atoms with Crippen LogP contribution in [0.4, 0.5) is 0 Å². The zero-order valence-corrected chi connectivity index (χ0v) is 13.3. The van der Waals surface area contributed by atoms with Gasteiger partial charge in [-0.3, -0.25) is 4.57 Å². The summed E-state index contributed by atoms with van der Waals surface area (Å²) in [6.45, 7) is 2.25. The number of rotatable bonds is 3. The normalized spacial score (nSPS) is 17.4. The van der Waals surface area contributed by atoms with Gasteiger partial charge < -0.3 is 0 Å². The molecule has 1 heterocycles. The smallest absolute Gasteiger partial charge is 0.145 e. The van der Waals surface area contributed by atoms with E-state index in [1.54, 1.807) is 0 Å². The van der Waals surface area contributed by atoms with Crippen LogP contribution in [-0.4, -0.2) is 9.55 Å². The number of hydrogen-bond donors (Lipinski definition) is 0. The molecule has 0 spiro atoms. The predicted octanol–water partition coefficient (Wildman–Crippen LogP) is 5.40. The van der Waals surface area contributed by atoms with Crippen molar-refractivity contribution in [3.05, 3.63) is 78.6 Å². The molecule has 1 atom stereocenters. The first-order valence-corrected chi connectivity index (χ1v) is 8.28. The molecule has 1 aromatic heterocycles. The van der Waals surface area contributed by atoms with Crippen molar-refractivity contribution in [3.8, 4) is 5.69 Å². The molecule has 0 N–H and O–H groups in total. The largest absolute Gasteiger partial charge is 0.292 e. The van der Waals surface area contributed by atoms with Gasteiger partial charge >= 0.3 is 0 Å². The second-order valence-corrected chi connectivity index (χ2v) is 6.02. The van der Waals surface area contributed by atoms with E-state index in [-0.39, 0.29) is 0 Å². The maximum Gasteiger partial charge on any atom is 0.145 e. The number of hydrogen-bond acceptors (Lipinski definition) is 1. The third-order valence-electron chi connectivity index (χ3n) is 4.51. The minimum Gasteiger partial charge on any atom is -0.292 e. The first kappa shape index (κ1) is 14.0. The molecule has 2 aromatic carbocycles. The van der Waals surface area contributed by atoms with Crippen LogP contribution in [0, 0.1) is 5.92 Å². The van der Waals surface area contributed by atoms with Crippen molar-refractivity contribution in [1.82, 2.24) is 9.55 Å². The van der Waals surface area contributed by atoms with Gasteiger partial charge in [-0.05, 0) is 43.0 Å². The van der Waals surface area contributed by atoms with E-state index in [4.69, 9.17) is 4.98 Å². The Morgan fingerprint density at radius 2 is 1.83 bits per heavy atom. The first-order chi connectivity index (χ1) is 11.4. The highest BCUT2D eigenvalue weighted by molar-refractivity contribution is 5.84. The molecule has 23 heavy (non-hydrogen) atoms. The molecule has 114 valence electrons. The predicted molar refractivity (Wildman–Crippen MR) is 96.6 cm³/mol. The van der Waals surface area contributed by atoms with Crippen LogP contribution in [0.1, 0.15) is 25.6 Å². The molecule has 0 fully saturated rings. The van der Waals surface area contributed by atoms with Gasteiger partial charge in [0, 0.05) is 11.3 Å². The van der Waals surface area contributed by atoms with Gasteiger partial charge in [0.2, 0.25) is 0 Å². The van der Waals surface area contributed by atoms with Crippen LogP contribution in [0.25, 0.3) is 22.3 Å². The maximum atomic E-state index is 4.92. The third-order valence-corrected chi connectivity index (χ3v) is 4.51. The molecule has 0 amide bonds. The lowest BCUT2D eigenvalue weighted by atomic mass is 9.94. The number of imidazole rings is 1. The molecule has 2 heteroatoms. The van der Waals surface area contributed by atoms with Gasteiger partial charge in [-0.1, -0.05) is 55.5 Å². The van der Waals surface area contributed by atoms with E-state index in [9.17, 15) is 0 Å². The van der Waals surface area contributed by atoms with Crippen molar-refractivity contribution in [2.75, 3.05) is 0 Å². The van der Waals surface area contributed by atoms with E-state index >= 15 is 0 Å². The van der Waals surface area contributed by atoms with Crippen LogP contribution < -0.4 is 0 Å². The van der Waals surface area contributed by atoms with Crippen LogP contribution in [0.3, 0.4) is 0 Å². The molecule has 1 unspecified atom stereocenters. The number of aromatic nitrogens is 2. The highest BCUT2D eigenvalue weighted by atomic mass is 15.1. The Labute approximate surface area is 136 Å². The zero-order valence-electron chi connectivity index (χ0n) is 13.3. The van der Waals surface area contributed by atoms with Gasteiger partial charge in [0.15, 0.2) is 0 Å². The van der Waals surface area contributed by atoms with Gasteiger partial charge in [0.1, 0.15) is 5.82 Å². The molecule has 1 aliphatic carbocycles. The molecule has 0 saturated carbocycles. The Balaban J connectivity index is 1.96. The van der Waals surface area contributed by atoms with Crippen molar-refractivity contribution in [3.63, 3.8) is 0 Å². The molecule has 0 aliphatic heterocycles. The summed E-state index contributed by atoms with van der Waals surface area (Å²) < 4.78 is 2.27. The molecular weight excluding hydrogens is 280 g/mol. The van der Waals surface area contributed by atoms with Crippen molar-refractivity contribution in [2.45, 2.75) is 19.8 Å². The fraction of sp³-hybridized carbons (Fsp3) is 0.190. The summed E-state index contributed by atoms with van der Waals surface area (Å²) >= 11 is 0. The topological polar surface area (TPSA) is 17.8 Å². The molecule has 1 aliphatic rings. The summed E-state index contributed by atoms with van der Waals surface area (Å²) in [5.74, 6) is 1.64. The lowest BCUT2D eigenvalue weighted by molar-refractivity contribution is 0.634. The third kappa shape index (κ3) is 2.50. The van der Waals surface area contributed by atoms with Crippen LogP contribution in [0.2, 0.25) is 0 Å². The van der Waals surface area contributed by atoms with E-state index in [1.807, 2.05) is 6.07 Å². The lowest BCUT2D eigenvalue weighted by Gasteiger charge is -2.16. The van der Waals surface area contributed by atoms with Crippen molar-refractivity contribution >= 4 is 16.6 Å². The minimum atomic E-state index is 0.610. The SMILES string of the molecule is CCC1C=C(c2nc3ccccc3n2-c2ccccc2)C=CC1. The van der Waals surface area contributed by atoms with E-state index in [0.717, 1.165) is 29.0 Å². The number of fused-ring (bicyclic) bond motifs is 1. The van der Waals surface area contributed by atoms with Crippen LogP contribution in [-0.2, 0) is 0 Å². The molecule has 0 radical (unpaired) electrons. The average Bonchev–Trinajstić information content (AvgIpc) is 3.02. The van der Waals surface area contributed by atoms with Crippen molar-refractivity contribution in [1.29, 1.82) is 0 Å². The number of para-hydroxylation sites is 3. The van der Waals surface area contributed by atoms with Gasteiger partial charge in [0.25, 0.3) is 0 Å². The molecule has 2 nitrogen and oxygen atoms in total. The Morgan fingerprint density at radius 3 is 2.65 bits per heavy atom. The average molecular weight is 300 g/mol. The maximum absolute atomic E-state index is 4.92. The second-order valence-electron chi connectivity index (χ2n) is 6.02. The number of nitrogens with zero attached hydrogens (tertiary/aromatic N) is 2. The van der Waals surface area contributed by atoms with E-state index in [0.29, 0.717) is 5.92 Å². The zero-order chi connectivity index (χ0) is 15.6. The summed E-state index contributed by atoms with van der Waals surface area (Å²) in [4.78, 5) is 4.92. The Morgan fingerprint density at radius 1 is 1.04 bits per heavy atom. The number of benzene rings is 2.